The molecule has 15 nitrogen and oxygen atoms in total. The number of amides is 2. The summed E-state index contributed by atoms with van der Waals surface area (Å²) in [6, 6.07) is -2.24. The topological polar surface area (TPSA) is 238 Å². The van der Waals surface area contributed by atoms with Gasteiger partial charge in [-0.05, 0) is 38.3 Å². The van der Waals surface area contributed by atoms with Gasteiger partial charge in [-0.25, -0.2) is 14.6 Å². The fourth-order valence-electron chi connectivity index (χ4n) is 4.49. The number of carbonyl (C=O) groups excluding carboxylic acids is 2. The van der Waals surface area contributed by atoms with E-state index in [1.807, 2.05) is 0 Å². The van der Waals surface area contributed by atoms with Crippen molar-refractivity contribution in [3.05, 3.63) is 46.8 Å². The molecule has 1 aromatic heterocycles. The van der Waals surface area contributed by atoms with E-state index in [-0.39, 0.29) is 34.6 Å². The summed E-state index contributed by atoms with van der Waals surface area (Å²) >= 11 is 1.02. The predicted octanol–water partition coefficient (Wildman–Crippen LogP) is -0.173. The number of β-lactam (4-membered cyclic amide) rings is 1. The maximum atomic E-state index is 13.2. The Labute approximate surface area is 232 Å². The van der Waals surface area contributed by atoms with E-state index in [2.05, 4.69) is 15.5 Å². The second-order valence-electron chi connectivity index (χ2n) is 9.74. The molecule has 16 heteroatoms. The Morgan fingerprint density at radius 1 is 1.32 bits per heavy atom. The lowest BCUT2D eigenvalue weighted by Crippen LogP contribution is -2.72. The maximum Gasteiger partial charge on any atom is 0.352 e. The minimum absolute atomic E-state index is 0.0190. The second-order valence-corrected chi connectivity index (χ2v) is 10.6. The van der Waals surface area contributed by atoms with Crippen LogP contribution in [0.1, 0.15) is 32.4 Å². The minimum Gasteiger partial charge on any atom is -0.478 e. The molecule has 0 radical (unpaired) electrons. The third kappa shape index (κ3) is 5.38. The zero-order valence-corrected chi connectivity index (χ0v) is 22.3. The number of nitrogens with zero attached hydrogens (tertiary/aromatic N) is 4. The smallest absolute Gasteiger partial charge is 0.352 e. The summed E-state index contributed by atoms with van der Waals surface area (Å²) in [6.07, 6.45) is 7.57. The number of fused-ring (bicyclic) bond motifs is 1. The molecule has 8 N–H and O–H groups in total. The van der Waals surface area contributed by atoms with Crippen LogP contribution >= 0.6 is 11.3 Å². The molecular formula is C24H28N8O7S. The molecule has 0 saturated carbocycles. The molecule has 1 aromatic rings. The first kappa shape index (κ1) is 28.3. The highest BCUT2D eigenvalue weighted by atomic mass is 32.1. The number of amidine groups is 1. The van der Waals surface area contributed by atoms with Gasteiger partial charge in [0.15, 0.2) is 10.8 Å². The number of hydrogen-bond donors (Lipinski definition) is 6. The van der Waals surface area contributed by atoms with Crippen LogP contribution in [-0.2, 0) is 24.0 Å². The zero-order chi connectivity index (χ0) is 29.4. The lowest BCUT2D eigenvalue weighted by atomic mass is 9.83. The maximum absolute atomic E-state index is 13.2. The van der Waals surface area contributed by atoms with Gasteiger partial charge in [0.1, 0.15) is 29.3 Å². The van der Waals surface area contributed by atoms with E-state index in [1.54, 1.807) is 29.3 Å². The van der Waals surface area contributed by atoms with E-state index in [9.17, 15) is 29.4 Å². The molecule has 3 aliphatic rings. The van der Waals surface area contributed by atoms with Crippen LogP contribution < -0.4 is 16.8 Å². The quantitative estimate of drug-likeness (QED) is 0.0931. The molecule has 2 unspecified atom stereocenters. The van der Waals surface area contributed by atoms with Crippen LogP contribution in [-0.4, -0.2) is 90.6 Å². The summed E-state index contributed by atoms with van der Waals surface area (Å²) in [5.74, 6) is -4.22. The number of carboxylic acid groups (broad SMARTS) is 2. The number of nitrogens with two attached hydrogens (primary N) is 2. The average molecular weight is 573 g/mol. The Hall–Kier alpha value is -4.73. The Bertz CT molecular complexity index is 1390. The number of aromatic nitrogens is 1. The highest BCUT2D eigenvalue weighted by Gasteiger charge is 2.54. The summed E-state index contributed by atoms with van der Waals surface area (Å²) in [6.45, 7) is 2.62. The fourth-order valence-corrected chi connectivity index (χ4v) is 5.04. The Balaban J connectivity index is 1.55. The molecule has 4 heterocycles. The Morgan fingerprint density at radius 2 is 2.05 bits per heavy atom. The van der Waals surface area contributed by atoms with E-state index in [0.29, 0.717) is 18.4 Å². The zero-order valence-electron chi connectivity index (χ0n) is 21.5. The molecule has 40 heavy (non-hydrogen) atoms. The lowest BCUT2D eigenvalue weighted by Gasteiger charge is -2.50. The van der Waals surface area contributed by atoms with Gasteiger partial charge >= 0.3 is 11.9 Å². The molecule has 1 saturated heterocycles. The first-order valence-electron chi connectivity index (χ1n) is 12.1. The van der Waals surface area contributed by atoms with Gasteiger partial charge in [0, 0.05) is 18.1 Å². The average Bonchev–Trinajstić information content (AvgIpc) is 3.32. The molecule has 1 fully saturated rings. The number of nitrogen functional groups attached to an aromatic ring is 1. The van der Waals surface area contributed by atoms with Crippen molar-refractivity contribution in [3.8, 4) is 0 Å². The monoisotopic (exact) mass is 572 g/mol. The van der Waals surface area contributed by atoms with Crippen molar-refractivity contribution in [1.82, 2.24) is 20.1 Å². The molecule has 212 valence electrons. The molecule has 0 aliphatic carbocycles. The van der Waals surface area contributed by atoms with Crippen LogP contribution in [0.2, 0.25) is 0 Å². The van der Waals surface area contributed by atoms with Gasteiger partial charge in [-0.15, -0.1) is 11.3 Å². The fraction of sp³-hybridized carbons (Fsp3) is 0.375. The van der Waals surface area contributed by atoms with Gasteiger partial charge < -0.3 is 36.7 Å². The van der Waals surface area contributed by atoms with Crippen molar-refractivity contribution in [2.24, 2.45) is 10.9 Å². The standard InChI is InChI=1S/C24H28N8O7S/c1-24(2,22(37)38)39-30-15(12-10-40-23(27)28-12)19(33)29-16-13-7-6-11(17(21(35)36)32(13)20(16)34)9-31-8-4-3-5-14(31)18(25)26/h3-5,8,10,13-14,16H,6-7,9H2,1-2H3,(H3,25,26)(H2,27,28)(H,29,33)(H,35,36)(H,37,38)/b30-15-/t13?,14?,16-/m0/s1. The number of nitrogens with one attached hydrogen (secondary N) is 2. The van der Waals surface area contributed by atoms with Gasteiger partial charge in [-0.2, -0.15) is 0 Å². The van der Waals surface area contributed by atoms with E-state index >= 15 is 0 Å². The summed E-state index contributed by atoms with van der Waals surface area (Å²) in [4.78, 5) is 62.0. The second kappa shape index (κ2) is 10.8. The van der Waals surface area contributed by atoms with E-state index in [0.717, 1.165) is 16.2 Å². The lowest BCUT2D eigenvalue weighted by molar-refractivity contribution is -0.161. The largest absolute Gasteiger partial charge is 0.478 e. The third-order valence-corrected chi connectivity index (χ3v) is 7.29. The van der Waals surface area contributed by atoms with Gasteiger partial charge in [-0.1, -0.05) is 17.3 Å². The van der Waals surface area contributed by atoms with Crippen molar-refractivity contribution in [2.75, 3.05) is 12.3 Å². The van der Waals surface area contributed by atoms with Crippen LogP contribution in [0.5, 0.6) is 0 Å². The first-order chi connectivity index (χ1) is 18.8. The Morgan fingerprint density at radius 3 is 2.65 bits per heavy atom. The highest BCUT2D eigenvalue weighted by Crippen LogP contribution is 2.37. The number of aliphatic carboxylic acids is 2. The van der Waals surface area contributed by atoms with Crippen LogP contribution in [0, 0.1) is 5.41 Å². The van der Waals surface area contributed by atoms with Gasteiger partial charge in [0.2, 0.25) is 5.60 Å². The number of allylic oxidation sites excluding steroid dienone is 2. The number of carbonyl (C=O) groups is 4. The van der Waals surface area contributed by atoms with Crippen molar-refractivity contribution < 1.29 is 34.2 Å². The molecule has 3 atom stereocenters. The third-order valence-electron chi connectivity index (χ3n) is 6.62. The number of rotatable bonds is 10. The van der Waals surface area contributed by atoms with E-state index < -0.39 is 47.5 Å². The van der Waals surface area contributed by atoms with Crippen molar-refractivity contribution in [2.45, 2.75) is 50.4 Å². The minimum atomic E-state index is -1.77. The number of carboxylic acids is 2. The first-order valence-corrected chi connectivity index (χ1v) is 12.9. The van der Waals surface area contributed by atoms with Gasteiger partial charge in [0.25, 0.3) is 11.8 Å². The summed E-state index contributed by atoms with van der Waals surface area (Å²) in [5.41, 5.74) is 9.54. The van der Waals surface area contributed by atoms with Crippen molar-refractivity contribution >= 4 is 51.8 Å². The SMILES string of the molecule is CC(C)(O/N=C(\C(=O)N[C@@H]1C(=O)N2C(C(=O)O)=C(CN3C=CC=CC3C(=N)N)CCC12)c1csc(N)n1)C(=O)O. The van der Waals surface area contributed by atoms with Gasteiger partial charge in [-0.3, -0.25) is 19.9 Å². The predicted molar refractivity (Wildman–Crippen MR) is 143 cm³/mol. The Kier molecular flexibility index (Phi) is 7.63. The highest BCUT2D eigenvalue weighted by molar-refractivity contribution is 7.13. The van der Waals surface area contributed by atoms with Gasteiger partial charge in [0.05, 0.1) is 6.04 Å². The number of anilines is 1. The molecule has 0 bridgehead atoms. The molecular weight excluding hydrogens is 544 g/mol. The molecule has 4 rings (SSSR count). The van der Waals surface area contributed by atoms with Crippen molar-refractivity contribution in [3.63, 3.8) is 0 Å². The molecule has 0 aromatic carbocycles. The number of hydrogen-bond acceptors (Lipinski definition) is 11. The summed E-state index contributed by atoms with van der Waals surface area (Å²) < 4.78 is 0. The van der Waals surface area contributed by atoms with Crippen molar-refractivity contribution in [1.29, 1.82) is 5.41 Å². The molecule has 2 amide bonds. The van der Waals surface area contributed by atoms with E-state index in [4.69, 9.17) is 21.7 Å². The summed E-state index contributed by atoms with van der Waals surface area (Å²) in [7, 11) is 0. The normalized spacial score (nSPS) is 22.5. The number of thiazole rings is 1. The van der Waals surface area contributed by atoms with Crippen LogP contribution in [0.3, 0.4) is 0 Å². The molecule has 0 spiro atoms. The summed E-state index contributed by atoms with van der Waals surface area (Å²) in [5, 5.41) is 34.9. The van der Waals surface area contributed by atoms with Crippen LogP contribution in [0.25, 0.3) is 0 Å². The van der Waals surface area contributed by atoms with E-state index in [1.165, 1.54) is 19.2 Å². The van der Waals surface area contributed by atoms with Crippen LogP contribution in [0.4, 0.5) is 5.13 Å². The molecule has 3 aliphatic heterocycles. The number of oxime groups is 1. The van der Waals surface area contributed by atoms with Crippen LogP contribution in [0.15, 0.2) is 46.2 Å².